The largest absolute Gasteiger partial charge is 0.381 e. The molecule has 1 aromatic heterocycles. The average Bonchev–Trinajstić information content (AvgIpc) is 3.30. The van der Waals surface area contributed by atoms with Crippen molar-refractivity contribution in [3.8, 4) is 0 Å². The summed E-state index contributed by atoms with van der Waals surface area (Å²) in [6.07, 6.45) is 6.42. The van der Waals surface area contributed by atoms with Gasteiger partial charge in [0.05, 0.1) is 26.1 Å². The summed E-state index contributed by atoms with van der Waals surface area (Å²) >= 11 is 0. The molecule has 2 saturated heterocycles. The summed E-state index contributed by atoms with van der Waals surface area (Å²) in [5.74, 6) is 0.481. The zero-order valence-electron chi connectivity index (χ0n) is 14.0. The number of ether oxygens (including phenoxy) is 2. The van der Waals surface area contributed by atoms with Crippen molar-refractivity contribution in [2.24, 2.45) is 5.92 Å². The van der Waals surface area contributed by atoms with E-state index in [0.717, 1.165) is 52.5 Å². The first kappa shape index (κ1) is 17.2. The van der Waals surface area contributed by atoms with E-state index in [1.54, 1.807) is 12.5 Å². The molecule has 2 aliphatic heterocycles. The molecule has 2 aliphatic rings. The Morgan fingerprint density at radius 2 is 2.12 bits per heavy atom. The topological polar surface area (TPSA) is 80.7 Å². The summed E-state index contributed by atoms with van der Waals surface area (Å²) in [5.41, 5.74) is 0. The van der Waals surface area contributed by atoms with Crippen molar-refractivity contribution in [1.29, 1.82) is 0 Å². The predicted molar refractivity (Wildman–Crippen MR) is 88.7 cm³/mol. The van der Waals surface area contributed by atoms with Gasteiger partial charge in [-0.25, -0.2) is 9.78 Å². The molecule has 3 heterocycles. The van der Waals surface area contributed by atoms with Crippen LogP contribution < -0.4 is 10.6 Å². The van der Waals surface area contributed by atoms with Crippen molar-refractivity contribution in [1.82, 2.24) is 25.1 Å². The van der Waals surface area contributed by atoms with E-state index in [1.165, 1.54) is 0 Å². The van der Waals surface area contributed by atoms with Crippen molar-refractivity contribution in [3.05, 3.63) is 18.7 Å². The van der Waals surface area contributed by atoms with Crippen LogP contribution in [0, 0.1) is 5.92 Å². The number of morpholine rings is 1. The molecule has 134 valence electrons. The third-order valence-corrected chi connectivity index (χ3v) is 4.71. The van der Waals surface area contributed by atoms with E-state index in [1.807, 2.05) is 10.8 Å². The molecule has 24 heavy (non-hydrogen) atoms. The summed E-state index contributed by atoms with van der Waals surface area (Å²) in [7, 11) is 0. The van der Waals surface area contributed by atoms with E-state index in [0.29, 0.717) is 25.0 Å². The minimum atomic E-state index is -0.118. The number of urea groups is 1. The lowest BCUT2D eigenvalue weighted by Gasteiger charge is -2.37. The molecule has 3 rings (SSSR count). The molecule has 2 atom stereocenters. The first-order chi connectivity index (χ1) is 11.8. The summed E-state index contributed by atoms with van der Waals surface area (Å²) in [6, 6.07) is 0.197. The number of aromatic nitrogens is 2. The fraction of sp³-hybridized carbons (Fsp3) is 0.750. The summed E-state index contributed by atoms with van der Waals surface area (Å²) in [6.45, 7) is 6.92. The fourth-order valence-electron chi connectivity index (χ4n) is 3.34. The van der Waals surface area contributed by atoms with Gasteiger partial charge in [0, 0.05) is 63.7 Å². The van der Waals surface area contributed by atoms with Gasteiger partial charge in [-0.15, -0.1) is 0 Å². The van der Waals surface area contributed by atoms with E-state index >= 15 is 0 Å². The highest BCUT2D eigenvalue weighted by Gasteiger charge is 2.31. The van der Waals surface area contributed by atoms with Gasteiger partial charge in [-0.1, -0.05) is 0 Å². The standard InChI is InChI=1S/C16H27N5O3/c22-16(18-3-5-20-4-2-17-13-20)19-11-15(14-1-8-24-12-14)21-6-9-23-10-7-21/h2,4,13-15H,1,3,5-12H2,(H2,18,19,22)/t14-,15+/m0/s1. The molecule has 8 heteroatoms. The number of imidazole rings is 1. The average molecular weight is 337 g/mol. The molecule has 0 saturated carbocycles. The molecule has 0 bridgehead atoms. The SMILES string of the molecule is O=C(NCCn1ccnc1)NC[C@H]([C@H]1CCOC1)N1CCOCC1. The smallest absolute Gasteiger partial charge is 0.314 e. The molecule has 2 fully saturated rings. The third-order valence-electron chi connectivity index (χ3n) is 4.71. The maximum absolute atomic E-state index is 12.1. The van der Waals surface area contributed by atoms with E-state index in [2.05, 4.69) is 20.5 Å². The normalized spacial score (nSPS) is 23.1. The number of rotatable bonds is 7. The minimum absolute atomic E-state index is 0.118. The first-order valence-corrected chi connectivity index (χ1v) is 8.70. The second-order valence-electron chi connectivity index (χ2n) is 6.28. The highest BCUT2D eigenvalue weighted by molar-refractivity contribution is 5.73. The Morgan fingerprint density at radius 1 is 1.25 bits per heavy atom. The second kappa shape index (κ2) is 9.00. The maximum atomic E-state index is 12.1. The van der Waals surface area contributed by atoms with Crippen molar-refractivity contribution >= 4 is 6.03 Å². The maximum Gasteiger partial charge on any atom is 0.314 e. The van der Waals surface area contributed by atoms with E-state index in [-0.39, 0.29) is 6.03 Å². The number of hydrogen-bond acceptors (Lipinski definition) is 5. The van der Waals surface area contributed by atoms with Gasteiger partial charge in [0.1, 0.15) is 0 Å². The zero-order valence-corrected chi connectivity index (χ0v) is 14.0. The van der Waals surface area contributed by atoms with Crippen LogP contribution in [0.3, 0.4) is 0 Å². The predicted octanol–water partition coefficient (Wildman–Crippen LogP) is -0.0804. The minimum Gasteiger partial charge on any atom is -0.381 e. The van der Waals surface area contributed by atoms with E-state index in [4.69, 9.17) is 9.47 Å². The van der Waals surface area contributed by atoms with Gasteiger partial charge >= 0.3 is 6.03 Å². The lowest BCUT2D eigenvalue weighted by atomic mass is 9.97. The second-order valence-corrected chi connectivity index (χ2v) is 6.28. The van der Waals surface area contributed by atoms with Crippen molar-refractivity contribution in [2.75, 3.05) is 52.6 Å². The molecule has 2 N–H and O–H groups in total. The van der Waals surface area contributed by atoms with E-state index < -0.39 is 0 Å². The number of carbonyl (C=O) groups excluding carboxylic acids is 1. The van der Waals surface area contributed by atoms with Gasteiger partial charge in [0.2, 0.25) is 0 Å². The Morgan fingerprint density at radius 3 is 2.83 bits per heavy atom. The summed E-state index contributed by atoms with van der Waals surface area (Å²) in [5, 5.41) is 5.92. The van der Waals surface area contributed by atoms with Gasteiger partial charge < -0.3 is 24.7 Å². The van der Waals surface area contributed by atoms with E-state index in [9.17, 15) is 4.79 Å². The van der Waals surface area contributed by atoms with Gasteiger partial charge in [-0.3, -0.25) is 4.90 Å². The van der Waals surface area contributed by atoms with Gasteiger partial charge in [0.15, 0.2) is 0 Å². The lowest BCUT2D eigenvalue weighted by molar-refractivity contribution is 0.00213. The Labute approximate surface area is 142 Å². The molecule has 0 spiro atoms. The monoisotopic (exact) mass is 337 g/mol. The Kier molecular flexibility index (Phi) is 6.45. The van der Waals surface area contributed by atoms with Crippen LogP contribution in [-0.4, -0.2) is 79.1 Å². The molecule has 0 radical (unpaired) electrons. The molecular formula is C16H27N5O3. The summed E-state index contributed by atoms with van der Waals surface area (Å²) in [4.78, 5) is 18.5. The highest BCUT2D eigenvalue weighted by atomic mass is 16.5. The first-order valence-electron chi connectivity index (χ1n) is 8.70. The number of amides is 2. The molecular weight excluding hydrogens is 310 g/mol. The zero-order chi connectivity index (χ0) is 16.6. The van der Waals surface area contributed by atoms with Crippen LogP contribution in [-0.2, 0) is 16.0 Å². The van der Waals surface area contributed by atoms with Crippen molar-refractivity contribution < 1.29 is 14.3 Å². The summed E-state index contributed by atoms with van der Waals surface area (Å²) < 4.78 is 12.9. The number of nitrogens with zero attached hydrogens (tertiary/aromatic N) is 3. The number of nitrogens with one attached hydrogen (secondary N) is 2. The van der Waals surface area contributed by atoms with Gasteiger partial charge in [-0.05, 0) is 6.42 Å². The van der Waals surface area contributed by atoms with Gasteiger partial charge in [-0.2, -0.15) is 0 Å². The lowest BCUT2D eigenvalue weighted by Crippen LogP contribution is -2.53. The van der Waals surface area contributed by atoms with Crippen LogP contribution in [0.15, 0.2) is 18.7 Å². The molecule has 1 aromatic rings. The molecule has 0 aromatic carbocycles. The van der Waals surface area contributed by atoms with Crippen molar-refractivity contribution in [3.63, 3.8) is 0 Å². The number of hydrogen-bond donors (Lipinski definition) is 2. The highest BCUT2D eigenvalue weighted by Crippen LogP contribution is 2.21. The van der Waals surface area contributed by atoms with Crippen LogP contribution >= 0.6 is 0 Å². The van der Waals surface area contributed by atoms with Gasteiger partial charge in [0.25, 0.3) is 0 Å². The Bertz CT molecular complexity index is 484. The van der Waals surface area contributed by atoms with Crippen LogP contribution in [0.5, 0.6) is 0 Å². The van der Waals surface area contributed by atoms with Crippen molar-refractivity contribution in [2.45, 2.75) is 19.0 Å². The fourth-order valence-corrected chi connectivity index (χ4v) is 3.34. The molecule has 0 aliphatic carbocycles. The molecule has 8 nitrogen and oxygen atoms in total. The Hall–Kier alpha value is -1.64. The number of carbonyl (C=O) groups is 1. The Balaban J connectivity index is 1.42. The molecule has 0 unspecified atom stereocenters. The third kappa shape index (κ3) is 4.93. The molecule has 2 amide bonds. The van der Waals surface area contributed by atoms with Crippen LogP contribution in [0.4, 0.5) is 4.79 Å². The van der Waals surface area contributed by atoms with Crippen LogP contribution in [0.1, 0.15) is 6.42 Å². The quantitative estimate of drug-likeness (QED) is 0.727. The van der Waals surface area contributed by atoms with Crippen LogP contribution in [0.25, 0.3) is 0 Å². The van der Waals surface area contributed by atoms with Crippen LogP contribution in [0.2, 0.25) is 0 Å².